The van der Waals surface area contributed by atoms with Crippen LogP contribution in [0.25, 0.3) is 10.6 Å². The fourth-order valence-electron chi connectivity index (χ4n) is 2.76. The number of nitro benzene ring substituents is 1. The highest BCUT2D eigenvalue weighted by Gasteiger charge is 2.20. The van der Waals surface area contributed by atoms with Crippen molar-refractivity contribution in [1.82, 2.24) is 9.88 Å². The molecule has 0 aliphatic rings. The zero-order chi connectivity index (χ0) is 20.3. The van der Waals surface area contributed by atoms with E-state index in [0.29, 0.717) is 5.69 Å². The van der Waals surface area contributed by atoms with Crippen molar-refractivity contribution in [2.24, 2.45) is 0 Å². The van der Waals surface area contributed by atoms with Gasteiger partial charge in [0.2, 0.25) is 5.91 Å². The van der Waals surface area contributed by atoms with Crippen LogP contribution in [-0.4, -0.2) is 27.8 Å². The predicted octanol–water partition coefficient (Wildman–Crippen LogP) is 5.24. The van der Waals surface area contributed by atoms with Crippen LogP contribution in [0.4, 0.5) is 5.69 Å². The minimum Gasteiger partial charge on any atom is -0.339 e. The summed E-state index contributed by atoms with van der Waals surface area (Å²) < 4.78 is 0.975. The second-order valence-electron chi connectivity index (χ2n) is 6.36. The van der Waals surface area contributed by atoms with Gasteiger partial charge in [-0.05, 0) is 24.6 Å². The number of halogens is 1. The third-order valence-electron chi connectivity index (χ3n) is 4.49. The number of likely N-dealkylation sites (N-methyl/N-ethyl adjacent to an activating group) is 1. The Morgan fingerprint density at radius 2 is 2.04 bits per heavy atom. The van der Waals surface area contributed by atoms with Gasteiger partial charge in [-0.25, -0.2) is 4.98 Å². The summed E-state index contributed by atoms with van der Waals surface area (Å²) in [6.07, 6.45) is 0.181. The maximum atomic E-state index is 12.7. The number of benzene rings is 2. The Bertz CT molecular complexity index is 1020. The molecule has 28 heavy (non-hydrogen) atoms. The number of hydrogen-bond donors (Lipinski definition) is 0. The number of nitro groups is 1. The maximum Gasteiger partial charge on any atom is 0.269 e. The van der Waals surface area contributed by atoms with E-state index in [-0.39, 0.29) is 24.1 Å². The number of aromatic nitrogens is 1. The van der Waals surface area contributed by atoms with Gasteiger partial charge in [-0.2, -0.15) is 0 Å². The second kappa shape index (κ2) is 8.62. The average Bonchev–Trinajstić information content (AvgIpc) is 3.15. The molecule has 144 valence electrons. The summed E-state index contributed by atoms with van der Waals surface area (Å²) in [5.41, 5.74) is 2.45. The molecule has 1 unspecified atom stereocenters. The van der Waals surface area contributed by atoms with Crippen LogP contribution in [0.3, 0.4) is 0 Å². The van der Waals surface area contributed by atoms with E-state index in [1.54, 1.807) is 24.1 Å². The van der Waals surface area contributed by atoms with Crippen LogP contribution in [0.1, 0.15) is 24.2 Å². The van der Waals surface area contributed by atoms with E-state index in [4.69, 9.17) is 0 Å². The van der Waals surface area contributed by atoms with Crippen LogP contribution in [-0.2, 0) is 11.2 Å². The van der Waals surface area contributed by atoms with Crippen LogP contribution in [0, 0.1) is 10.1 Å². The van der Waals surface area contributed by atoms with Crippen molar-refractivity contribution in [2.45, 2.75) is 19.4 Å². The topological polar surface area (TPSA) is 76.3 Å². The summed E-state index contributed by atoms with van der Waals surface area (Å²) in [5.74, 6) is -0.0925. The summed E-state index contributed by atoms with van der Waals surface area (Å²) in [7, 11) is 1.70. The van der Waals surface area contributed by atoms with Crippen molar-refractivity contribution in [2.75, 3.05) is 7.05 Å². The number of hydrogen-bond acceptors (Lipinski definition) is 5. The van der Waals surface area contributed by atoms with Gasteiger partial charge in [0.25, 0.3) is 5.69 Å². The second-order valence-corrected chi connectivity index (χ2v) is 8.14. The van der Waals surface area contributed by atoms with E-state index in [9.17, 15) is 14.9 Å². The maximum absolute atomic E-state index is 12.7. The smallest absolute Gasteiger partial charge is 0.269 e. The zero-order valence-corrected chi connectivity index (χ0v) is 17.7. The molecule has 0 saturated heterocycles. The van der Waals surface area contributed by atoms with E-state index >= 15 is 0 Å². The SMILES string of the molecule is CC(c1cccc([N+](=O)[O-])c1)N(C)C(=O)Cc1csc(-c2cccc(Br)c2)n1. The molecule has 0 fully saturated rings. The Labute approximate surface area is 175 Å². The molecule has 1 amide bonds. The normalized spacial score (nSPS) is 11.8. The molecule has 3 rings (SSSR count). The van der Waals surface area contributed by atoms with Gasteiger partial charge in [0.05, 0.1) is 23.1 Å². The van der Waals surface area contributed by atoms with Crippen LogP contribution in [0.5, 0.6) is 0 Å². The fraction of sp³-hybridized carbons (Fsp3) is 0.200. The summed E-state index contributed by atoms with van der Waals surface area (Å²) in [6, 6.07) is 13.9. The third-order valence-corrected chi connectivity index (χ3v) is 5.93. The van der Waals surface area contributed by atoms with Gasteiger partial charge in [-0.15, -0.1) is 11.3 Å². The molecular formula is C20H18BrN3O3S. The van der Waals surface area contributed by atoms with Crippen molar-refractivity contribution in [1.29, 1.82) is 0 Å². The predicted molar refractivity (Wildman–Crippen MR) is 113 cm³/mol. The summed E-state index contributed by atoms with van der Waals surface area (Å²) >= 11 is 4.95. The first-order valence-corrected chi connectivity index (χ1v) is 10.2. The molecular weight excluding hydrogens is 442 g/mol. The Balaban J connectivity index is 1.70. The van der Waals surface area contributed by atoms with E-state index < -0.39 is 4.92 Å². The van der Waals surface area contributed by atoms with Crippen molar-refractivity contribution in [3.63, 3.8) is 0 Å². The van der Waals surface area contributed by atoms with Gasteiger partial charge in [0.1, 0.15) is 5.01 Å². The van der Waals surface area contributed by atoms with E-state index in [2.05, 4.69) is 20.9 Å². The van der Waals surface area contributed by atoms with Crippen molar-refractivity contribution < 1.29 is 9.72 Å². The third kappa shape index (κ3) is 4.63. The molecule has 0 radical (unpaired) electrons. The van der Waals surface area contributed by atoms with Crippen LogP contribution >= 0.6 is 27.3 Å². The summed E-state index contributed by atoms with van der Waals surface area (Å²) in [6.45, 7) is 1.85. The number of non-ortho nitro benzene ring substituents is 1. The lowest BCUT2D eigenvalue weighted by atomic mass is 10.1. The average molecular weight is 460 g/mol. The van der Waals surface area contributed by atoms with Crippen LogP contribution < -0.4 is 0 Å². The number of carbonyl (C=O) groups is 1. The number of amides is 1. The Morgan fingerprint density at radius 3 is 2.75 bits per heavy atom. The minimum absolute atomic E-state index is 0.0170. The quantitative estimate of drug-likeness (QED) is 0.372. The zero-order valence-electron chi connectivity index (χ0n) is 15.3. The van der Waals surface area contributed by atoms with E-state index in [0.717, 1.165) is 20.6 Å². The lowest BCUT2D eigenvalue weighted by Gasteiger charge is -2.25. The highest BCUT2D eigenvalue weighted by Crippen LogP contribution is 2.27. The molecule has 0 spiro atoms. The Morgan fingerprint density at radius 1 is 1.29 bits per heavy atom. The van der Waals surface area contributed by atoms with Gasteiger partial charge in [0.15, 0.2) is 0 Å². The van der Waals surface area contributed by atoms with Gasteiger partial charge < -0.3 is 4.90 Å². The minimum atomic E-state index is -0.434. The number of nitrogens with zero attached hydrogens (tertiary/aromatic N) is 3. The Hall–Kier alpha value is -2.58. The number of thiazole rings is 1. The van der Waals surface area contributed by atoms with Crippen molar-refractivity contribution >= 4 is 38.9 Å². The Kier molecular flexibility index (Phi) is 6.21. The van der Waals surface area contributed by atoms with E-state index in [1.165, 1.54) is 23.5 Å². The van der Waals surface area contributed by atoms with Gasteiger partial charge in [-0.1, -0.05) is 40.2 Å². The number of carbonyl (C=O) groups excluding carboxylic acids is 1. The largest absolute Gasteiger partial charge is 0.339 e. The van der Waals surface area contributed by atoms with Crippen molar-refractivity contribution in [3.05, 3.63) is 79.8 Å². The fourth-order valence-corrected chi connectivity index (χ4v) is 3.98. The number of rotatable bonds is 6. The van der Waals surface area contributed by atoms with Crippen molar-refractivity contribution in [3.8, 4) is 10.6 Å². The first-order chi connectivity index (χ1) is 13.3. The van der Waals surface area contributed by atoms with E-state index in [1.807, 2.05) is 36.6 Å². The molecule has 6 nitrogen and oxygen atoms in total. The van der Waals surface area contributed by atoms with Gasteiger partial charge >= 0.3 is 0 Å². The lowest BCUT2D eigenvalue weighted by Crippen LogP contribution is -2.31. The monoisotopic (exact) mass is 459 g/mol. The molecule has 0 aliphatic carbocycles. The molecule has 2 aromatic carbocycles. The van der Waals surface area contributed by atoms with Crippen LogP contribution in [0.2, 0.25) is 0 Å². The molecule has 1 atom stereocenters. The van der Waals surface area contributed by atoms with Gasteiger partial charge in [0, 0.05) is 34.6 Å². The van der Waals surface area contributed by atoms with Crippen LogP contribution in [0.15, 0.2) is 58.4 Å². The standard InChI is InChI=1S/C20H18BrN3O3S/c1-13(14-5-4-8-18(10-14)24(26)27)23(2)19(25)11-17-12-28-20(22-17)15-6-3-7-16(21)9-15/h3-10,12-13H,11H2,1-2H3. The first kappa shape index (κ1) is 20.2. The highest BCUT2D eigenvalue weighted by atomic mass is 79.9. The lowest BCUT2D eigenvalue weighted by molar-refractivity contribution is -0.384. The summed E-state index contributed by atoms with van der Waals surface area (Å²) in [4.78, 5) is 29.4. The van der Waals surface area contributed by atoms with Gasteiger partial charge in [-0.3, -0.25) is 14.9 Å². The highest BCUT2D eigenvalue weighted by molar-refractivity contribution is 9.10. The molecule has 8 heteroatoms. The molecule has 0 N–H and O–H groups in total. The summed E-state index contributed by atoms with van der Waals surface area (Å²) in [5, 5.41) is 13.7. The molecule has 3 aromatic rings. The molecule has 0 aliphatic heterocycles. The molecule has 0 saturated carbocycles. The molecule has 1 aromatic heterocycles. The molecule has 1 heterocycles. The first-order valence-electron chi connectivity index (χ1n) is 8.55. The molecule has 0 bridgehead atoms.